The Bertz CT molecular complexity index is 988. The quantitative estimate of drug-likeness (QED) is 0.371. The molecule has 4 aromatic rings. The molecule has 0 amide bonds. The Morgan fingerprint density at radius 1 is 0.520 bits per heavy atom. The Balaban J connectivity index is 1.95. The molecule has 0 aliphatic carbocycles. The lowest BCUT2D eigenvalue weighted by atomic mass is 9.90. The maximum Gasteiger partial charge on any atom is -0.00268 e. The summed E-state index contributed by atoms with van der Waals surface area (Å²) in [5.41, 5.74) is 6.51. The Morgan fingerprint density at radius 3 is 1.64 bits per heavy atom. The van der Waals surface area contributed by atoms with Gasteiger partial charge in [0.15, 0.2) is 0 Å². The largest absolute Gasteiger partial charge is 0.0622 e. The van der Waals surface area contributed by atoms with Gasteiger partial charge in [-0.2, -0.15) is 0 Å². The molecule has 0 aliphatic rings. The highest BCUT2D eigenvalue weighted by Crippen LogP contribution is 2.36. The van der Waals surface area contributed by atoms with Crippen molar-refractivity contribution in [3.8, 4) is 22.3 Å². The molecule has 122 valence electrons. The number of benzene rings is 4. The highest BCUT2D eigenvalue weighted by atomic mass is 14.1. The molecule has 0 atom stereocenters. The second-order valence-electron chi connectivity index (χ2n) is 6.85. The number of hydrogen-bond acceptors (Lipinski definition) is 0. The number of fused-ring (bicyclic) bond motifs is 1. The third kappa shape index (κ3) is 2.96. The van der Waals surface area contributed by atoms with Crippen LogP contribution in [0.1, 0.15) is 25.3 Å². The molecule has 4 rings (SSSR count). The van der Waals surface area contributed by atoms with E-state index in [1.807, 2.05) is 0 Å². The minimum Gasteiger partial charge on any atom is -0.0622 e. The third-order valence-corrected chi connectivity index (χ3v) is 4.88. The van der Waals surface area contributed by atoms with Crippen LogP contribution in [0.2, 0.25) is 0 Å². The van der Waals surface area contributed by atoms with Gasteiger partial charge in [0.05, 0.1) is 0 Å². The summed E-state index contributed by atoms with van der Waals surface area (Å²) in [5, 5.41) is 2.61. The first-order valence-corrected chi connectivity index (χ1v) is 8.91. The van der Waals surface area contributed by atoms with E-state index in [0.29, 0.717) is 5.92 Å². The van der Waals surface area contributed by atoms with E-state index in [0.717, 1.165) is 0 Å². The molecule has 0 N–H and O–H groups in total. The maximum absolute atomic E-state index is 2.26. The maximum atomic E-state index is 2.26. The van der Waals surface area contributed by atoms with Crippen LogP contribution in [0, 0.1) is 0 Å². The summed E-state index contributed by atoms with van der Waals surface area (Å²) in [4.78, 5) is 0. The Kier molecular flexibility index (Phi) is 4.11. The molecule has 4 aromatic carbocycles. The Hall–Kier alpha value is -2.86. The first-order valence-electron chi connectivity index (χ1n) is 8.91. The highest BCUT2D eigenvalue weighted by molar-refractivity contribution is 6.06. The van der Waals surface area contributed by atoms with Crippen LogP contribution in [0.25, 0.3) is 33.0 Å². The molecule has 0 unspecified atom stereocenters. The summed E-state index contributed by atoms with van der Waals surface area (Å²) >= 11 is 0. The first-order chi connectivity index (χ1) is 12.2. The van der Waals surface area contributed by atoms with Crippen LogP contribution in [0.15, 0.2) is 91.0 Å². The molecule has 0 spiro atoms. The number of rotatable bonds is 3. The van der Waals surface area contributed by atoms with Crippen LogP contribution in [-0.2, 0) is 0 Å². The lowest BCUT2D eigenvalue weighted by Crippen LogP contribution is -1.89. The molecular weight excluding hydrogens is 300 g/mol. The van der Waals surface area contributed by atoms with Crippen LogP contribution in [0.4, 0.5) is 0 Å². The average molecular weight is 322 g/mol. The van der Waals surface area contributed by atoms with E-state index in [9.17, 15) is 0 Å². The molecule has 0 aliphatic heterocycles. The van der Waals surface area contributed by atoms with Gasteiger partial charge in [0.25, 0.3) is 0 Å². The molecule has 0 bridgehead atoms. The summed E-state index contributed by atoms with van der Waals surface area (Å²) in [6.45, 7) is 4.47. The fourth-order valence-electron chi connectivity index (χ4n) is 3.49. The smallest absolute Gasteiger partial charge is 0.00268 e. The van der Waals surface area contributed by atoms with Crippen molar-refractivity contribution in [1.29, 1.82) is 0 Å². The lowest BCUT2D eigenvalue weighted by molar-refractivity contribution is 0.867. The molecule has 0 saturated carbocycles. The van der Waals surface area contributed by atoms with E-state index < -0.39 is 0 Å². The molecule has 25 heavy (non-hydrogen) atoms. The van der Waals surface area contributed by atoms with Gasteiger partial charge in [-0.3, -0.25) is 0 Å². The van der Waals surface area contributed by atoms with Crippen molar-refractivity contribution in [2.24, 2.45) is 0 Å². The van der Waals surface area contributed by atoms with Crippen LogP contribution < -0.4 is 0 Å². The third-order valence-electron chi connectivity index (χ3n) is 4.88. The van der Waals surface area contributed by atoms with E-state index in [1.165, 1.54) is 38.6 Å². The van der Waals surface area contributed by atoms with Gasteiger partial charge in [0, 0.05) is 0 Å². The summed E-state index contributed by atoms with van der Waals surface area (Å²) in [5.74, 6) is 0.557. The van der Waals surface area contributed by atoms with Gasteiger partial charge in [0.1, 0.15) is 0 Å². The van der Waals surface area contributed by atoms with Crippen molar-refractivity contribution in [2.75, 3.05) is 0 Å². The highest BCUT2D eigenvalue weighted by Gasteiger charge is 2.10. The van der Waals surface area contributed by atoms with Crippen molar-refractivity contribution in [3.05, 3.63) is 96.6 Å². The molecule has 0 heteroatoms. The monoisotopic (exact) mass is 322 g/mol. The Morgan fingerprint density at radius 2 is 1.08 bits per heavy atom. The van der Waals surface area contributed by atoms with Gasteiger partial charge in [0.2, 0.25) is 0 Å². The van der Waals surface area contributed by atoms with Gasteiger partial charge < -0.3 is 0 Å². The van der Waals surface area contributed by atoms with Crippen LogP contribution in [0.3, 0.4) is 0 Å². The minimum absolute atomic E-state index is 0.557. The predicted molar refractivity (Wildman–Crippen MR) is 109 cm³/mol. The molecule has 0 fully saturated rings. The molecule has 0 nitrogen and oxygen atoms in total. The molecule has 0 aromatic heterocycles. The zero-order valence-electron chi connectivity index (χ0n) is 14.7. The average Bonchev–Trinajstić information content (AvgIpc) is 2.68. The number of hydrogen-bond donors (Lipinski definition) is 0. The zero-order valence-corrected chi connectivity index (χ0v) is 14.7. The lowest BCUT2D eigenvalue weighted by Gasteiger charge is -2.13. The second kappa shape index (κ2) is 6.57. The van der Waals surface area contributed by atoms with Crippen molar-refractivity contribution < 1.29 is 0 Å². The van der Waals surface area contributed by atoms with Gasteiger partial charge in [-0.25, -0.2) is 0 Å². The van der Waals surface area contributed by atoms with Crippen LogP contribution in [0.5, 0.6) is 0 Å². The Labute approximate surface area is 149 Å². The summed E-state index contributed by atoms with van der Waals surface area (Å²) in [7, 11) is 0. The van der Waals surface area contributed by atoms with Crippen LogP contribution in [-0.4, -0.2) is 0 Å². The molecule has 0 saturated heterocycles. The normalized spacial score (nSPS) is 11.2. The van der Waals surface area contributed by atoms with Crippen molar-refractivity contribution >= 4 is 10.8 Å². The summed E-state index contributed by atoms with van der Waals surface area (Å²) < 4.78 is 0. The molecule has 0 radical (unpaired) electrons. The zero-order chi connectivity index (χ0) is 17.2. The van der Waals surface area contributed by atoms with Gasteiger partial charge >= 0.3 is 0 Å². The van der Waals surface area contributed by atoms with Gasteiger partial charge in [-0.15, -0.1) is 0 Å². The fraction of sp³-hybridized carbons (Fsp3) is 0.120. The molecule has 0 heterocycles. The van der Waals surface area contributed by atoms with Crippen molar-refractivity contribution in [1.82, 2.24) is 0 Å². The van der Waals surface area contributed by atoms with E-state index in [1.54, 1.807) is 0 Å². The SMILES string of the molecule is CC(C)c1ccc(-c2cccc3cccc(-c4ccccc4)c23)cc1. The van der Waals surface area contributed by atoms with E-state index in [4.69, 9.17) is 0 Å². The standard InChI is InChI=1S/C25H22/c1-18(2)19-14-16-21(17-15-19)24-13-7-11-22-10-6-12-23(25(22)24)20-8-4-3-5-9-20/h3-18H,1-2H3. The van der Waals surface area contributed by atoms with Crippen LogP contribution >= 0.6 is 0 Å². The van der Waals surface area contributed by atoms with E-state index >= 15 is 0 Å². The second-order valence-corrected chi connectivity index (χ2v) is 6.85. The summed E-state index contributed by atoms with van der Waals surface area (Å²) in [6.07, 6.45) is 0. The van der Waals surface area contributed by atoms with Crippen molar-refractivity contribution in [3.63, 3.8) is 0 Å². The van der Waals surface area contributed by atoms with Crippen molar-refractivity contribution in [2.45, 2.75) is 19.8 Å². The first kappa shape index (κ1) is 15.7. The molecular formula is C25H22. The van der Waals surface area contributed by atoms with E-state index in [2.05, 4.69) is 105 Å². The van der Waals surface area contributed by atoms with Gasteiger partial charge in [-0.1, -0.05) is 105 Å². The minimum atomic E-state index is 0.557. The summed E-state index contributed by atoms with van der Waals surface area (Å²) in [6, 6.07) is 32.8. The predicted octanol–water partition coefficient (Wildman–Crippen LogP) is 7.30. The van der Waals surface area contributed by atoms with E-state index in [-0.39, 0.29) is 0 Å². The topological polar surface area (TPSA) is 0 Å². The van der Waals surface area contributed by atoms with Gasteiger partial charge in [-0.05, 0) is 44.5 Å². The fourth-order valence-corrected chi connectivity index (χ4v) is 3.49.